The summed E-state index contributed by atoms with van der Waals surface area (Å²) < 4.78 is 64.6. The number of hydrogen-bond donors (Lipinski definition) is 1. The molecule has 1 saturated heterocycles. The minimum atomic E-state index is -4.63. The molecular formula is C13H16ClF3N2O2S. The third-order valence-electron chi connectivity index (χ3n) is 3.81. The van der Waals surface area contributed by atoms with Gasteiger partial charge in [0.2, 0.25) is 10.0 Å². The van der Waals surface area contributed by atoms with Crippen LogP contribution in [0.25, 0.3) is 0 Å². The van der Waals surface area contributed by atoms with E-state index in [4.69, 9.17) is 17.3 Å². The van der Waals surface area contributed by atoms with E-state index in [1.54, 1.807) is 6.92 Å². The molecule has 0 bridgehead atoms. The van der Waals surface area contributed by atoms with Crippen LogP contribution in [-0.4, -0.2) is 31.9 Å². The number of sulfonamides is 1. The van der Waals surface area contributed by atoms with Crippen molar-refractivity contribution in [3.05, 3.63) is 28.8 Å². The lowest BCUT2D eigenvalue weighted by Crippen LogP contribution is -2.48. The van der Waals surface area contributed by atoms with Gasteiger partial charge in [-0.1, -0.05) is 18.5 Å². The SMILES string of the molecule is CC1CN(S(=O)(=O)c2cc(C(F)(F)F)ccc2Cl)CCC1N. The Morgan fingerprint density at radius 3 is 2.55 bits per heavy atom. The van der Waals surface area contributed by atoms with Gasteiger partial charge in [-0.2, -0.15) is 17.5 Å². The molecule has 0 aromatic heterocycles. The quantitative estimate of drug-likeness (QED) is 0.886. The van der Waals surface area contributed by atoms with E-state index in [1.165, 1.54) is 0 Å². The van der Waals surface area contributed by atoms with Gasteiger partial charge in [-0.05, 0) is 30.5 Å². The summed E-state index contributed by atoms with van der Waals surface area (Å²) in [7, 11) is -4.09. The van der Waals surface area contributed by atoms with Crippen LogP contribution in [0.15, 0.2) is 23.1 Å². The molecular weight excluding hydrogens is 341 g/mol. The Morgan fingerprint density at radius 2 is 2.00 bits per heavy atom. The summed E-state index contributed by atoms with van der Waals surface area (Å²) >= 11 is 5.82. The smallest absolute Gasteiger partial charge is 0.327 e. The van der Waals surface area contributed by atoms with E-state index in [9.17, 15) is 21.6 Å². The van der Waals surface area contributed by atoms with E-state index in [0.29, 0.717) is 12.5 Å². The molecule has 0 spiro atoms. The van der Waals surface area contributed by atoms with Crippen LogP contribution in [0, 0.1) is 5.92 Å². The van der Waals surface area contributed by atoms with Gasteiger partial charge in [0.1, 0.15) is 4.90 Å². The van der Waals surface area contributed by atoms with E-state index in [0.717, 1.165) is 16.4 Å². The van der Waals surface area contributed by atoms with Gasteiger partial charge in [0, 0.05) is 19.1 Å². The third kappa shape index (κ3) is 3.40. The fraction of sp³-hybridized carbons (Fsp3) is 0.538. The van der Waals surface area contributed by atoms with Crippen LogP contribution in [0.3, 0.4) is 0 Å². The molecule has 2 rings (SSSR count). The van der Waals surface area contributed by atoms with Crippen LogP contribution >= 0.6 is 11.6 Å². The zero-order chi connectivity index (χ0) is 16.7. The molecule has 4 nitrogen and oxygen atoms in total. The number of halogens is 4. The molecule has 1 aliphatic rings. The average Bonchev–Trinajstić information content (AvgIpc) is 2.40. The van der Waals surface area contributed by atoms with Crippen molar-refractivity contribution in [3.63, 3.8) is 0 Å². The van der Waals surface area contributed by atoms with Gasteiger partial charge in [-0.15, -0.1) is 0 Å². The summed E-state index contributed by atoms with van der Waals surface area (Å²) in [6.45, 7) is 2.14. The molecule has 2 atom stereocenters. The molecule has 124 valence electrons. The van der Waals surface area contributed by atoms with Crippen molar-refractivity contribution >= 4 is 21.6 Å². The Hall–Kier alpha value is -0.830. The number of hydrogen-bond acceptors (Lipinski definition) is 3. The lowest BCUT2D eigenvalue weighted by Gasteiger charge is -2.34. The van der Waals surface area contributed by atoms with E-state index in [1.807, 2.05) is 0 Å². The maximum Gasteiger partial charge on any atom is 0.416 e. The van der Waals surface area contributed by atoms with Gasteiger partial charge in [-0.3, -0.25) is 0 Å². The molecule has 1 aliphatic heterocycles. The molecule has 0 radical (unpaired) electrons. The molecule has 1 heterocycles. The molecule has 1 fully saturated rings. The maximum absolute atomic E-state index is 12.8. The van der Waals surface area contributed by atoms with Crippen LogP contribution in [0.4, 0.5) is 13.2 Å². The maximum atomic E-state index is 12.8. The second kappa shape index (κ2) is 5.99. The summed E-state index contributed by atoms with van der Waals surface area (Å²) in [6.07, 6.45) is -4.18. The Labute approximate surface area is 132 Å². The van der Waals surface area contributed by atoms with E-state index < -0.39 is 26.7 Å². The number of rotatable bonds is 2. The summed E-state index contributed by atoms with van der Waals surface area (Å²) in [6, 6.07) is 2.17. The Kier molecular flexibility index (Phi) is 4.77. The fourth-order valence-corrected chi connectivity index (χ4v) is 4.42. The topological polar surface area (TPSA) is 63.4 Å². The molecule has 2 N–H and O–H groups in total. The van der Waals surface area contributed by atoms with Crippen LogP contribution < -0.4 is 5.73 Å². The zero-order valence-corrected chi connectivity index (χ0v) is 13.3. The van der Waals surface area contributed by atoms with Crippen LogP contribution in [0.1, 0.15) is 18.9 Å². The van der Waals surface area contributed by atoms with Gasteiger partial charge in [0.15, 0.2) is 0 Å². The number of nitrogens with zero attached hydrogens (tertiary/aromatic N) is 1. The van der Waals surface area contributed by atoms with E-state index >= 15 is 0 Å². The van der Waals surface area contributed by atoms with Crippen molar-refractivity contribution in [2.75, 3.05) is 13.1 Å². The Bertz CT molecular complexity index is 664. The lowest BCUT2D eigenvalue weighted by atomic mass is 9.96. The summed E-state index contributed by atoms with van der Waals surface area (Å²) in [4.78, 5) is -0.522. The molecule has 9 heteroatoms. The normalized spacial score (nSPS) is 24.5. The van der Waals surface area contributed by atoms with Gasteiger partial charge in [0.05, 0.1) is 10.6 Å². The molecule has 0 amide bonds. The second-order valence-electron chi connectivity index (χ2n) is 5.44. The molecule has 1 aromatic rings. The summed E-state index contributed by atoms with van der Waals surface area (Å²) in [5, 5.41) is -0.226. The number of alkyl halides is 3. The largest absolute Gasteiger partial charge is 0.416 e. The molecule has 22 heavy (non-hydrogen) atoms. The Balaban J connectivity index is 2.41. The Morgan fingerprint density at radius 1 is 1.36 bits per heavy atom. The van der Waals surface area contributed by atoms with Crippen molar-refractivity contribution in [2.45, 2.75) is 30.5 Å². The first-order valence-corrected chi connectivity index (χ1v) is 8.47. The number of nitrogens with two attached hydrogens (primary N) is 1. The summed E-state index contributed by atoms with van der Waals surface area (Å²) in [5.41, 5.74) is 4.79. The number of piperidine rings is 1. The van der Waals surface area contributed by atoms with Crippen LogP contribution in [0.5, 0.6) is 0 Å². The minimum absolute atomic E-state index is 0.0758. The average molecular weight is 357 g/mol. The van der Waals surface area contributed by atoms with Crippen molar-refractivity contribution in [3.8, 4) is 0 Å². The van der Waals surface area contributed by atoms with Crippen LogP contribution in [0.2, 0.25) is 5.02 Å². The number of benzene rings is 1. The minimum Gasteiger partial charge on any atom is -0.327 e. The second-order valence-corrected chi connectivity index (χ2v) is 7.75. The highest BCUT2D eigenvalue weighted by atomic mass is 35.5. The van der Waals surface area contributed by atoms with Gasteiger partial charge < -0.3 is 5.73 Å². The van der Waals surface area contributed by atoms with E-state index in [-0.39, 0.29) is 30.1 Å². The van der Waals surface area contributed by atoms with E-state index in [2.05, 4.69) is 0 Å². The first-order chi connectivity index (χ1) is 10.0. The van der Waals surface area contributed by atoms with Crippen molar-refractivity contribution < 1.29 is 21.6 Å². The predicted octanol–water partition coefficient (Wildman–Crippen LogP) is 2.72. The van der Waals surface area contributed by atoms with Gasteiger partial charge >= 0.3 is 6.18 Å². The van der Waals surface area contributed by atoms with Crippen LogP contribution in [-0.2, 0) is 16.2 Å². The first kappa shape index (κ1) is 17.5. The highest BCUT2D eigenvalue weighted by molar-refractivity contribution is 7.89. The standard InChI is InChI=1S/C13H16ClF3N2O2S/c1-8-7-19(5-4-11(8)18)22(20,21)12-6-9(13(15,16)17)2-3-10(12)14/h2-3,6,8,11H,4-5,7,18H2,1H3. The third-order valence-corrected chi connectivity index (χ3v) is 6.16. The highest BCUT2D eigenvalue weighted by Gasteiger charge is 2.36. The van der Waals surface area contributed by atoms with Crippen molar-refractivity contribution in [1.29, 1.82) is 0 Å². The fourth-order valence-electron chi connectivity index (χ4n) is 2.36. The molecule has 1 aromatic carbocycles. The predicted molar refractivity (Wildman–Crippen MR) is 77.0 cm³/mol. The molecule has 0 saturated carbocycles. The van der Waals surface area contributed by atoms with Crippen molar-refractivity contribution in [2.24, 2.45) is 11.7 Å². The summed E-state index contributed by atoms with van der Waals surface area (Å²) in [5.74, 6) is -0.0758. The molecule has 0 aliphatic carbocycles. The van der Waals surface area contributed by atoms with Gasteiger partial charge in [-0.25, -0.2) is 8.42 Å². The zero-order valence-electron chi connectivity index (χ0n) is 11.8. The first-order valence-electron chi connectivity index (χ1n) is 6.66. The van der Waals surface area contributed by atoms with Crippen molar-refractivity contribution in [1.82, 2.24) is 4.31 Å². The lowest BCUT2D eigenvalue weighted by molar-refractivity contribution is -0.137. The monoisotopic (exact) mass is 356 g/mol. The molecule has 2 unspecified atom stereocenters. The highest BCUT2D eigenvalue weighted by Crippen LogP contribution is 2.35. The van der Waals surface area contributed by atoms with Gasteiger partial charge in [0.25, 0.3) is 0 Å².